The molecule has 0 aromatic heterocycles. The molecule has 0 amide bonds. The van der Waals surface area contributed by atoms with Gasteiger partial charge in [0.2, 0.25) is 0 Å². The molecule has 0 bridgehead atoms. The van der Waals surface area contributed by atoms with Crippen molar-refractivity contribution in [1.29, 1.82) is 0 Å². The summed E-state index contributed by atoms with van der Waals surface area (Å²) in [6.07, 6.45) is 3.92. The second-order valence-electron chi connectivity index (χ2n) is 6.44. The Bertz CT molecular complexity index is 548. The van der Waals surface area contributed by atoms with Crippen LogP contribution in [0, 0.1) is 0 Å². The number of halogens is 2. The molecule has 0 N–H and O–H groups in total. The van der Waals surface area contributed by atoms with E-state index >= 15 is 0 Å². The standard InChI is InChI=1S/C19H28Cl2N2O2/c1-2-25-19(24)8-12-23(14-13-22-9-3-4-10-22)11-7-16-5-6-17(20)18(21)15-16/h5-6,15H,2-4,7-14H2,1H3. The minimum Gasteiger partial charge on any atom is -0.466 e. The summed E-state index contributed by atoms with van der Waals surface area (Å²) in [6, 6.07) is 5.78. The first-order valence-corrected chi connectivity index (χ1v) is 9.88. The molecule has 1 aromatic carbocycles. The average Bonchev–Trinajstić information content (AvgIpc) is 3.11. The van der Waals surface area contributed by atoms with E-state index < -0.39 is 0 Å². The van der Waals surface area contributed by atoms with Gasteiger partial charge in [0.25, 0.3) is 0 Å². The summed E-state index contributed by atoms with van der Waals surface area (Å²) in [5.74, 6) is -0.122. The van der Waals surface area contributed by atoms with Crippen LogP contribution in [0.2, 0.25) is 10.0 Å². The van der Waals surface area contributed by atoms with Crippen molar-refractivity contribution in [1.82, 2.24) is 9.80 Å². The molecule has 1 heterocycles. The van der Waals surface area contributed by atoms with E-state index in [0.29, 0.717) is 23.1 Å². The number of esters is 1. The summed E-state index contributed by atoms with van der Waals surface area (Å²) in [5.41, 5.74) is 1.16. The summed E-state index contributed by atoms with van der Waals surface area (Å²) >= 11 is 12.1. The second kappa shape index (κ2) is 11.0. The third-order valence-electron chi connectivity index (χ3n) is 4.57. The molecule has 0 spiro atoms. The Hall–Kier alpha value is -0.810. The number of hydrogen-bond donors (Lipinski definition) is 0. The van der Waals surface area contributed by atoms with Gasteiger partial charge in [-0.2, -0.15) is 0 Å². The maximum absolute atomic E-state index is 11.7. The largest absolute Gasteiger partial charge is 0.466 e. The van der Waals surface area contributed by atoms with Gasteiger partial charge in [0, 0.05) is 26.2 Å². The SMILES string of the molecule is CCOC(=O)CCN(CCc1ccc(Cl)c(Cl)c1)CCN1CCCC1. The Kier molecular flexibility index (Phi) is 9.04. The van der Waals surface area contributed by atoms with Crippen molar-refractivity contribution < 1.29 is 9.53 Å². The zero-order valence-electron chi connectivity index (χ0n) is 15.0. The minimum absolute atomic E-state index is 0.122. The van der Waals surface area contributed by atoms with Crippen molar-refractivity contribution in [2.75, 3.05) is 45.9 Å². The first kappa shape index (κ1) is 20.5. The van der Waals surface area contributed by atoms with Gasteiger partial charge < -0.3 is 14.5 Å². The Morgan fingerprint density at radius 1 is 1.16 bits per heavy atom. The molecule has 1 aliphatic heterocycles. The van der Waals surface area contributed by atoms with E-state index in [4.69, 9.17) is 27.9 Å². The van der Waals surface area contributed by atoms with Gasteiger partial charge in [-0.1, -0.05) is 29.3 Å². The summed E-state index contributed by atoms with van der Waals surface area (Å²) in [7, 11) is 0. The number of benzene rings is 1. The van der Waals surface area contributed by atoms with E-state index in [1.54, 1.807) is 0 Å². The lowest BCUT2D eigenvalue weighted by molar-refractivity contribution is -0.143. The molecule has 6 heteroatoms. The quantitative estimate of drug-likeness (QED) is 0.571. The highest BCUT2D eigenvalue weighted by molar-refractivity contribution is 6.42. The van der Waals surface area contributed by atoms with Gasteiger partial charge >= 0.3 is 5.97 Å². The second-order valence-corrected chi connectivity index (χ2v) is 7.26. The number of rotatable bonds is 10. The Morgan fingerprint density at radius 3 is 2.60 bits per heavy atom. The summed E-state index contributed by atoms with van der Waals surface area (Å²) < 4.78 is 5.05. The van der Waals surface area contributed by atoms with Crippen LogP contribution in [0.5, 0.6) is 0 Å². The van der Waals surface area contributed by atoms with Crippen LogP contribution in [-0.2, 0) is 16.0 Å². The lowest BCUT2D eigenvalue weighted by Crippen LogP contribution is -2.36. The highest BCUT2D eigenvalue weighted by Gasteiger charge is 2.14. The predicted molar refractivity (Wildman–Crippen MR) is 104 cm³/mol. The molecule has 4 nitrogen and oxygen atoms in total. The van der Waals surface area contributed by atoms with Crippen molar-refractivity contribution in [3.8, 4) is 0 Å². The summed E-state index contributed by atoms with van der Waals surface area (Å²) in [5, 5.41) is 1.17. The molecule has 2 rings (SSSR count). The van der Waals surface area contributed by atoms with E-state index in [9.17, 15) is 4.79 Å². The molecule has 1 aliphatic rings. The molecule has 0 unspecified atom stereocenters. The van der Waals surface area contributed by atoms with E-state index in [0.717, 1.165) is 38.2 Å². The Labute approximate surface area is 161 Å². The topological polar surface area (TPSA) is 32.8 Å². The molecule has 0 radical (unpaired) electrons. The lowest BCUT2D eigenvalue weighted by atomic mass is 10.1. The van der Waals surface area contributed by atoms with Crippen LogP contribution in [0.3, 0.4) is 0 Å². The third-order valence-corrected chi connectivity index (χ3v) is 5.31. The summed E-state index contributed by atoms with van der Waals surface area (Å²) in [6.45, 7) is 8.32. The Morgan fingerprint density at radius 2 is 1.92 bits per heavy atom. The molecule has 0 atom stereocenters. The molecule has 25 heavy (non-hydrogen) atoms. The molecule has 1 fully saturated rings. The van der Waals surface area contributed by atoms with Crippen LogP contribution in [0.4, 0.5) is 0 Å². The number of likely N-dealkylation sites (tertiary alicyclic amines) is 1. The lowest BCUT2D eigenvalue weighted by Gasteiger charge is -2.25. The van der Waals surface area contributed by atoms with Crippen molar-refractivity contribution in [2.45, 2.75) is 32.6 Å². The smallest absolute Gasteiger partial charge is 0.307 e. The van der Waals surface area contributed by atoms with Gasteiger partial charge in [0.1, 0.15) is 0 Å². The number of carbonyl (C=O) groups excluding carboxylic acids is 1. The fraction of sp³-hybridized carbons (Fsp3) is 0.632. The molecule has 0 aliphatic carbocycles. The van der Waals surface area contributed by atoms with Gasteiger partial charge in [-0.3, -0.25) is 4.79 Å². The molecular formula is C19H28Cl2N2O2. The average molecular weight is 387 g/mol. The van der Waals surface area contributed by atoms with Gasteiger partial charge in [0.05, 0.1) is 23.1 Å². The summed E-state index contributed by atoms with van der Waals surface area (Å²) in [4.78, 5) is 16.5. The van der Waals surface area contributed by atoms with Crippen LogP contribution >= 0.6 is 23.2 Å². The number of carbonyl (C=O) groups is 1. The fourth-order valence-electron chi connectivity index (χ4n) is 3.09. The molecule has 1 aromatic rings. The monoisotopic (exact) mass is 386 g/mol. The van der Waals surface area contributed by atoms with Crippen molar-refractivity contribution in [3.05, 3.63) is 33.8 Å². The first-order chi connectivity index (χ1) is 12.1. The fourth-order valence-corrected chi connectivity index (χ4v) is 3.41. The normalized spacial score (nSPS) is 15.0. The molecular weight excluding hydrogens is 359 g/mol. The van der Waals surface area contributed by atoms with Crippen LogP contribution in [0.15, 0.2) is 18.2 Å². The number of ether oxygens (including phenoxy) is 1. The van der Waals surface area contributed by atoms with E-state index in [-0.39, 0.29) is 5.97 Å². The van der Waals surface area contributed by atoms with Gasteiger partial charge in [-0.15, -0.1) is 0 Å². The minimum atomic E-state index is -0.122. The zero-order chi connectivity index (χ0) is 18.1. The van der Waals surface area contributed by atoms with Gasteiger partial charge in [-0.25, -0.2) is 0 Å². The van der Waals surface area contributed by atoms with E-state index in [2.05, 4.69) is 9.80 Å². The van der Waals surface area contributed by atoms with E-state index in [1.807, 2.05) is 25.1 Å². The predicted octanol–water partition coefficient (Wildman–Crippen LogP) is 3.89. The maximum Gasteiger partial charge on any atom is 0.307 e. The van der Waals surface area contributed by atoms with Crippen LogP contribution in [0.25, 0.3) is 0 Å². The van der Waals surface area contributed by atoms with Crippen LogP contribution < -0.4 is 0 Å². The molecule has 1 saturated heterocycles. The number of nitrogens with zero attached hydrogens (tertiary/aromatic N) is 2. The maximum atomic E-state index is 11.7. The zero-order valence-corrected chi connectivity index (χ0v) is 16.5. The highest BCUT2D eigenvalue weighted by Crippen LogP contribution is 2.22. The van der Waals surface area contributed by atoms with E-state index in [1.165, 1.54) is 25.9 Å². The third kappa shape index (κ3) is 7.53. The van der Waals surface area contributed by atoms with Crippen LogP contribution in [-0.4, -0.2) is 61.6 Å². The first-order valence-electron chi connectivity index (χ1n) is 9.12. The molecule has 140 valence electrons. The van der Waals surface area contributed by atoms with Crippen LogP contribution in [0.1, 0.15) is 31.7 Å². The van der Waals surface area contributed by atoms with Crippen molar-refractivity contribution >= 4 is 29.2 Å². The van der Waals surface area contributed by atoms with Crippen molar-refractivity contribution in [2.24, 2.45) is 0 Å². The van der Waals surface area contributed by atoms with Gasteiger partial charge in [0.15, 0.2) is 0 Å². The van der Waals surface area contributed by atoms with Crippen molar-refractivity contribution in [3.63, 3.8) is 0 Å². The Balaban J connectivity index is 1.84. The van der Waals surface area contributed by atoms with Gasteiger partial charge in [-0.05, 0) is 57.0 Å². The highest BCUT2D eigenvalue weighted by atomic mass is 35.5. The number of hydrogen-bond acceptors (Lipinski definition) is 4. The molecule has 0 saturated carbocycles.